The molecule has 1 saturated heterocycles. The van der Waals surface area contributed by atoms with E-state index >= 15 is 0 Å². The fourth-order valence-electron chi connectivity index (χ4n) is 3.88. The van der Waals surface area contributed by atoms with Gasteiger partial charge >= 0.3 is 0 Å². The van der Waals surface area contributed by atoms with Crippen molar-refractivity contribution in [1.29, 1.82) is 0 Å². The fourth-order valence-corrected chi connectivity index (χ4v) is 6.00. The molecule has 1 fully saturated rings. The minimum Gasteiger partial charge on any atom is -0.497 e. The first-order valence-corrected chi connectivity index (χ1v) is 12.3. The van der Waals surface area contributed by atoms with Gasteiger partial charge in [0.15, 0.2) is 5.78 Å². The van der Waals surface area contributed by atoms with Crippen LogP contribution in [0.5, 0.6) is 5.75 Å². The largest absolute Gasteiger partial charge is 0.497 e. The van der Waals surface area contributed by atoms with Gasteiger partial charge in [-0.25, -0.2) is 14.4 Å². The van der Waals surface area contributed by atoms with Gasteiger partial charge in [0.2, 0.25) is 0 Å². The van der Waals surface area contributed by atoms with Gasteiger partial charge in [0.1, 0.15) is 28.9 Å². The van der Waals surface area contributed by atoms with E-state index in [0.29, 0.717) is 48.9 Å². The number of alkyl halides is 1. The standard InChI is InChI=1S/C23H26FN3O3S2/c1-15-25-18-4-3-16(30-2)13-17(18)22(26-15)31-14-19(28)20-5-6-21(32-20)23(29)7-10-27(11-8-23)12-9-24/h3-6,13,29H,7-12,14H2,1-2H3. The molecule has 0 atom stereocenters. The smallest absolute Gasteiger partial charge is 0.183 e. The number of hydrogen-bond acceptors (Lipinski definition) is 8. The van der Waals surface area contributed by atoms with Gasteiger partial charge in [0.05, 0.1) is 23.3 Å². The molecule has 1 aliphatic heterocycles. The third-order valence-electron chi connectivity index (χ3n) is 5.74. The fraction of sp³-hybridized carbons (Fsp3) is 0.435. The van der Waals surface area contributed by atoms with Crippen LogP contribution in [0.1, 0.15) is 33.2 Å². The summed E-state index contributed by atoms with van der Waals surface area (Å²) in [6.07, 6.45) is 1.09. The molecule has 170 valence electrons. The summed E-state index contributed by atoms with van der Waals surface area (Å²) in [6.45, 7) is 3.18. The highest BCUT2D eigenvalue weighted by atomic mass is 32.2. The number of thiophene rings is 1. The highest BCUT2D eigenvalue weighted by molar-refractivity contribution is 8.00. The van der Waals surface area contributed by atoms with Crippen molar-refractivity contribution < 1.29 is 19.0 Å². The Morgan fingerprint density at radius 2 is 2.06 bits per heavy atom. The Kier molecular flexibility index (Phi) is 7.09. The van der Waals surface area contributed by atoms with Gasteiger partial charge in [0, 0.05) is 29.9 Å². The lowest BCUT2D eigenvalue weighted by Crippen LogP contribution is -2.42. The van der Waals surface area contributed by atoms with Crippen LogP contribution in [0, 0.1) is 6.92 Å². The van der Waals surface area contributed by atoms with Crippen LogP contribution >= 0.6 is 23.1 Å². The number of rotatable bonds is 8. The summed E-state index contributed by atoms with van der Waals surface area (Å²) >= 11 is 2.73. The molecule has 0 unspecified atom stereocenters. The maximum atomic E-state index is 12.9. The number of piperidine rings is 1. The SMILES string of the molecule is COc1ccc2nc(C)nc(SCC(=O)c3ccc(C4(O)CCN(CCF)CC4)s3)c2c1. The number of nitrogens with zero attached hydrogens (tertiary/aromatic N) is 3. The van der Waals surface area contributed by atoms with Gasteiger partial charge in [-0.1, -0.05) is 11.8 Å². The van der Waals surface area contributed by atoms with Crippen molar-refractivity contribution in [3.63, 3.8) is 0 Å². The van der Waals surface area contributed by atoms with E-state index in [0.717, 1.165) is 20.8 Å². The number of halogens is 1. The minimum absolute atomic E-state index is 0.00275. The molecule has 0 radical (unpaired) electrons. The topological polar surface area (TPSA) is 75.5 Å². The maximum Gasteiger partial charge on any atom is 0.183 e. The third-order valence-corrected chi connectivity index (χ3v) is 8.05. The molecule has 2 aromatic heterocycles. The molecule has 3 heterocycles. The summed E-state index contributed by atoms with van der Waals surface area (Å²) in [5.74, 6) is 1.60. The Morgan fingerprint density at radius 1 is 1.28 bits per heavy atom. The quantitative estimate of drug-likeness (QED) is 0.297. The first-order valence-electron chi connectivity index (χ1n) is 10.5. The number of aromatic nitrogens is 2. The molecule has 0 bridgehead atoms. The number of aliphatic hydroxyl groups is 1. The molecule has 3 aromatic rings. The average Bonchev–Trinajstić information content (AvgIpc) is 3.30. The number of methoxy groups -OCH3 is 1. The Hall–Kier alpha value is -2.07. The van der Waals surface area contributed by atoms with Gasteiger partial charge < -0.3 is 14.7 Å². The van der Waals surface area contributed by atoms with Crippen molar-refractivity contribution in [2.45, 2.75) is 30.4 Å². The van der Waals surface area contributed by atoms with Gasteiger partial charge in [-0.2, -0.15) is 0 Å². The first kappa shape index (κ1) is 23.1. The number of Topliss-reactive ketones (excluding diaryl/α,β-unsaturated/α-hetero) is 1. The van der Waals surface area contributed by atoms with Crippen LogP contribution in [0.25, 0.3) is 10.9 Å². The van der Waals surface area contributed by atoms with Crippen LogP contribution in [0.2, 0.25) is 0 Å². The molecule has 0 aliphatic carbocycles. The van der Waals surface area contributed by atoms with Crippen molar-refractivity contribution in [2.24, 2.45) is 0 Å². The van der Waals surface area contributed by atoms with Gasteiger partial charge in [-0.3, -0.25) is 4.79 Å². The Morgan fingerprint density at radius 3 is 2.78 bits per heavy atom. The molecule has 4 rings (SSSR count). The third kappa shape index (κ3) is 4.96. The molecular weight excluding hydrogens is 449 g/mol. The molecule has 1 aliphatic rings. The first-order chi connectivity index (χ1) is 15.4. The molecule has 9 heteroatoms. The van der Waals surface area contributed by atoms with Crippen molar-refractivity contribution in [3.05, 3.63) is 45.9 Å². The lowest BCUT2D eigenvalue weighted by Gasteiger charge is -2.37. The monoisotopic (exact) mass is 475 g/mol. The van der Waals surface area contributed by atoms with Crippen molar-refractivity contribution >= 4 is 39.8 Å². The van der Waals surface area contributed by atoms with Crippen molar-refractivity contribution in [2.75, 3.05) is 39.2 Å². The summed E-state index contributed by atoms with van der Waals surface area (Å²) in [5.41, 5.74) is -0.132. The van der Waals surface area contributed by atoms with Gasteiger partial charge in [-0.15, -0.1) is 11.3 Å². The van der Waals surface area contributed by atoms with E-state index in [1.165, 1.54) is 23.1 Å². The maximum absolute atomic E-state index is 12.9. The average molecular weight is 476 g/mol. The zero-order valence-corrected chi connectivity index (χ0v) is 19.8. The van der Waals surface area contributed by atoms with Crippen LogP contribution < -0.4 is 4.74 Å². The van der Waals surface area contributed by atoms with Crippen LogP contribution in [-0.2, 0) is 5.60 Å². The molecule has 32 heavy (non-hydrogen) atoms. The van der Waals surface area contributed by atoms with Gasteiger partial charge in [-0.05, 0) is 50.1 Å². The van der Waals surface area contributed by atoms with E-state index in [2.05, 4.69) is 9.97 Å². The number of carbonyl (C=O) groups is 1. The van der Waals surface area contributed by atoms with E-state index in [1.54, 1.807) is 13.2 Å². The number of benzene rings is 1. The van der Waals surface area contributed by atoms with E-state index in [1.807, 2.05) is 36.1 Å². The molecule has 0 amide bonds. The number of thioether (sulfide) groups is 1. The van der Waals surface area contributed by atoms with Crippen LogP contribution in [0.4, 0.5) is 4.39 Å². The Labute approximate surface area is 194 Å². The second-order valence-electron chi connectivity index (χ2n) is 7.90. The number of aryl methyl sites for hydroxylation is 1. The lowest BCUT2D eigenvalue weighted by molar-refractivity contribution is -0.0238. The number of hydrogen-bond donors (Lipinski definition) is 1. The number of likely N-dealkylation sites (tertiary alicyclic amines) is 1. The molecule has 0 saturated carbocycles. The predicted molar refractivity (Wildman–Crippen MR) is 126 cm³/mol. The zero-order valence-electron chi connectivity index (χ0n) is 18.1. The summed E-state index contributed by atoms with van der Waals surface area (Å²) in [6, 6.07) is 9.27. The number of fused-ring (bicyclic) bond motifs is 1. The number of ketones is 1. The summed E-state index contributed by atoms with van der Waals surface area (Å²) < 4.78 is 17.9. The molecule has 0 spiro atoms. The Bertz CT molecular complexity index is 1110. The van der Waals surface area contributed by atoms with Crippen LogP contribution in [-0.4, -0.2) is 64.9 Å². The highest BCUT2D eigenvalue weighted by Gasteiger charge is 2.35. The van der Waals surface area contributed by atoms with E-state index < -0.39 is 5.60 Å². The van der Waals surface area contributed by atoms with E-state index in [9.17, 15) is 14.3 Å². The highest BCUT2D eigenvalue weighted by Crippen LogP contribution is 2.37. The van der Waals surface area contributed by atoms with E-state index in [-0.39, 0.29) is 18.2 Å². The molecule has 1 N–H and O–H groups in total. The van der Waals surface area contributed by atoms with Crippen molar-refractivity contribution in [1.82, 2.24) is 14.9 Å². The molecular formula is C23H26FN3O3S2. The van der Waals surface area contributed by atoms with Crippen molar-refractivity contribution in [3.8, 4) is 5.75 Å². The van der Waals surface area contributed by atoms with Gasteiger partial charge in [0.25, 0.3) is 0 Å². The minimum atomic E-state index is -0.945. The normalized spacial score (nSPS) is 16.4. The zero-order chi connectivity index (χ0) is 22.7. The molecule has 6 nitrogen and oxygen atoms in total. The number of ether oxygens (including phenoxy) is 1. The lowest BCUT2D eigenvalue weighted by atomic mass is 9.90. The van der Waals surface area contributed by atoms with Crippen LogP contribution in [0.15, 0.2) is 35.4 Å². The summed E-state index contributed by atoms with van der Waals surface area (Å²) in [5, 5.41) is 12.7. The predicted octanol–water partition coefficient (Wildman–Crippen LogP) is 4.24. The van der Waals surface area contributed by atoms with Crippen LogP contribution in [0.3, 0.4) is 0 Å². The summed E-state index contributed by atoms with van der Waals surface area (Å²) in [4.78, 5) is 25.3. The number of carbonyl (C=O) groups excluding carboxylic acids is 1. The van der Waals surface area contributed by atoms with E-state index in [4.69, 9.17) is 4.74 Å². The second kappa shape index (κ2) is 9.82. The second-order valence-corrected chi connectivity index (χ2v) is 9.94. The summed E-state index contributed by atoms with van der Waals surface area (Å²) in [7, 11) is 1.61. The Balaban J connectivity index is 1.45. The molecule has 1 aromatic carbocycles.